The first-order valence-corrected chi connectivity index (χ1v) is 7.84. The molecule has 2 nitrogen and oxygen atoms in total. The minimum atomic E-state index is -0.0523. The van der Waals surface area contributed by atoms with Crippen LogP contribution in [0.1, 0.15) is 36.8 Å². The molecule has 0 heterocycles. The number of hydrogen-bond acceptors (Lipinski definition) is 1. The highest BCUT2D eigenvalue weighted by Crippen LogP contribution is 2.21. The van der Waals surface area contributed by atoms with E-state index in [2.05, 4.69) is 23.7 Å². The minimum Gasteiger partial charge on any atom is -0.273 e. The van der Waals surface area contributed by atoms with Gasteiger partial charge in [-0.15, -0.1) is 0 Å². The highest BCUT2D eigenvalue weighted by atomic mass is 16.1. The van der Waals surface area contributed by atoms with Gasteiger partial charge < -0.3 is 0 Å². The van der Waals surface area contributed by atoms with E-state index in [4.69, 9.17) is 0 Å². The fraction of sp³-hybridized carbons (Fsp3) is 0.300. The van der Waals surface area contributed by atoms with Crippen LogP contribution in [0.4, 0.5) is 0 Å². The first-order valence-electron chi connectivity index (χ1n) is 7.84. The maximum Gasteiger partial charge on any atom is 0.246 e. The number of rotatable bonds is 5. The molecule has 2 rings (SSSR count). The zero-order chi connectivity index (χ0) is 15.8. The first kappa shape index (κ1) is 16.2. The zero-order valence-corrected chi connectivity index (χ0v) is 13.2. The lowest BCUT2D eigenvalue weighted by atomic mass is 9.93. The molecule has 0 aromatic heterocycles. The zero-order valence-electron chi connectivity index (χ0n) is 13.2. The molecule has 22 heavy (non-hydrogen) atoms. The lowest BCUT2D eigenvalue weighted by molar-refractivity contribution is -0.118. The second kappa shape index (κ2) is 8.28. The van der Waals surface area contributed by atoms with Gasteiger partial charge in [0.2, 0.25) is 5.91 Å². The number of nitrogens with zero attached hydrogens (tertiary/aromatic N) is 1. The number of aryl methyl sites for hydroxylation is 1. The van der Waals surface area contributed by atoms with Crippen LogP contribution >= 0.6 is 0 Å². The third-order valence-corrected chi connectivity index (χ3v) is 3.85. The molecule has 1 aromatic rings. The van der Waals surface area contributed by atoms with Crippen molar-refractivity contribution in [2.45, 2.75) is 32.6 Å². The Labute approximate surface area is 133 Å². The number of benzene rings is 1. The molecule has 0 saturated carbocycles. The van der Waals surface area contributed by atoms with Gasteiger partial charge >= 0.3 is 0 Å². The molecule has 0 spiro atoms. The molecule has 1 aliphatic carbocycles. The van der Waals surface area contributed by atoms with Crippen LogP contribution < -0.4 is 0 Å². The normalized spacial score (nSPS) is 18.6. The van der Waals surface area contributed by atoms with Crippen LogP contribution in [0.3, 0.4) is 0 Å². The Balaban J connectivity index is 2.20. The van der Waals surface area contributed by atoms with Crippen molar-refractivity contribution in [2.24, 2.45) is 10.9 Å². The fourth-order valence-electron chi connectivity index (χ4n) is 2.66. The van der Waals surface area contributed by atoms with E-state index in [1.807, 2.05) is 43.3 Å². The molecule has 1 amide bonds. The summed E-state index contributed by atoms with van der Waals surface area (Å²) in [7, 11) is 0. The molecule has 0 bridgehead atoms. The summed E-state index contributed by atoms with van der Waals surface area (Å²) in [4.78, 5) is 16.6. The number of carbonyl (C=O) groups is 1. The summed E-state index contributed by atoms with van der Waals surface area (Å²) < 4.78 is 0. The van der Waals surface area contributed by atoms with Crippen LogP contribution in [0.25, 0.3) is 0 Å². The smallest absolute Gasteiger partial charge is 0.246 e. The average Bonchev–Trinajstić information content (AvgIpc) is 2.53. The maximum atomic E-state index is 12.3. The van der Waals surface area contributed by atoms with Crippen molar-refractivity contribution >= 4 is 11.6 Å². The Morgan fingerprint density at radius 2 is 2.23 bits per heavy atom. The van der Waals surface area contributed by atoms with Gasteiger partial charge in [0.1, 0.15) is 0 Å². The summed E-state index contributed by atoms with van der Waals surface area (Å²) in [6.45, 7) is 5.71. The molecule has 1 atom stereocenters. The monoisotopic (exact) mass is 293 g/mol. The standard InChI is InChI=1S/C20H23NO/c1-3-4-14-19(18-13-9-8-10-16(18)2)21-20(22)15-17-11-6-5-7-12-17/h3-4,6,8-11,13-14,17H,1,5,7,12,15H2,2H3/b14-4-,21-19?. The number of hydrogen-bond donors (Lipinski definition) is 0. The lowest BCUT2D eigenvalue weighted by Gasteiger charge is -2.14. The number of carbonyl (C=O) groups excluding carboxylic acids is 1. The Morgan fingerprint density at radius 3 is 2.91 bits per heavy atom. The van der Waals surface area contributed by atoms with Crippen LogP contribution in [-0.2, 0) is 4.79 Å². The average molecular weight is 293 g/mol. The lowest BCUT2D eigenvalue weighted by Crippen LogP contribution is -2.10. The van der Waals surface area contributed by atoms with Crippen molar-refractivity contribution in [1.29, 1.82) is 0 Å². The van der Waals surface area contributed by atoms with Gasteiger partial charge in [-0.05, 0) is 43.7 Å². The maximum absolute atomic E-state index is 12.3. The van der Waals surface area contributed by atoms with Gasteiger partial charge in [-0.2, -0.15) is 0 Å². The molecule has 0 saturated heterocycles. The number of amides is 1. The number of aliphatic imine (C=N–C) groups is 1. The van der Waals surface area contributed by atoms with E-state index in [1.165, 1.54) is 6.42 Å². The van der Waals surface area contributed by atoms with Crippen molar-refractivity contribution < 1.29 is 4.79 Å². The highest BCUT2D eigenvalue weighted by Gasteiger charge is 2.14. The molecule has 1 aromatic carbocycles. The summed E-state index contributed by atoms with van der Waals surface area (Å²) in [6, 6.07) is 7.98. The van der Waals surface area contributed by atoms with E-state index < -0.39 is 0 Å². The first-order chi connectivity index (χ1) is 10.7. The van der Waals surface area contributed by atoms with Crippen molar-refractivity contribution in [3.63, 3.8) is 0 Å². The molecule has 0 radical (unpaired) electrons. The predicted molar refractivity (Wildman–Crippen MR) is 93.2 cm³/mol. The van der Waals surface area contributed by atoms with Gasteiger partial charge in [-0.1, -0.05) is 55.1 Å². The van der Waals surface area contributed by atoms with Gasteiger partial charge in [0.15, 0.2) is 0 Å². The van der Waals surface area contributed by atoms with Gasteiger partial charge in [0.05, 0.1) is 5.71 Å². The van der Waals surface area contributed by atoms with Crippen LogP contribution in [0.2, 0.25) is 0 Å². The second-order valence-corrected chi connectivity index (χ2v) is 5.62. The third kappa shape index (κ3) is 4.66. The molecule has 114 valence electrons. The van der Waals surface area contributed by atoms with Gasteiger partial charge in [-0.25, -0.2) is 4.99 Å². The van der Waals surface area contributed by atoms with Crippen LogP contribution in [0.15, 0.2) is 66.2 Å². The van der Waals surface area contributed by atoms with Crippen LogP contribution in [0, 0.1) is 12.8 Å². The summed E-state index contributed by atoms with van der Waals surface area (Å²) in [5, 5.41) is 0. The van der Waals surface area contributed by atoms with E-state index in [9.17, 15) is 4.79 Å². The third-order valence-electron chi connectivity index (χ3n) is 3.85. The van der Waals surface area contributed by atoms with E-state index in [1.54, 1.807) is 6.08 Å². The minimum absolute atomic E-state index is 0.0523. The molecule has 1 unspecified atom stereocenters. The summed E-state index contributed by atoms with van der Waals surface area (Å²) in [5.74, 6) is 0.287. The second-order valence-electron chi connectivity index (χ2n) is 5.62. The SMILES string of the molecule is C=C/C=C\C(=NC(=O)CC1C=CCCC1)c1ccccc1C. The molecular formula is C20H23NO. The molecule has 0 N–H and O–H groups in total. The van der Waals surface area contributed by atoms with E-state index >= 15 is 0 Å². The molecule has 0 aliphatic heterocycles. The van der Waals surface area contributed by atoms with Crippen molar-refractivity contribution in [1.82, 2.24) is 0 Å². The Hall–Kier alpha value is -2.22. The van der Waals surface area contributed by atoms with Crippen molar-refractivity contribution in [3.8, 4) is 0 Å². The van der Waals surface area contributed by atoms with Crippen LogP contribution in [-0.4, -0.2) is 11.6 Å². The number of allylic oxidation sites excluding steroid dienone is 5. The van der Waals surface area contributed by atoms with E-state index in [0.29, 0.717) is 18.1 Å². The topological polar surface area (TPSA) is 29.4 Å². The highest BCUT2D eigenvalue weighted by molar-refractivity contribution is 6.14. The van der Waals surface area contributed by atoms with E-state index in [-0.39, 0.29) is 5.91 Å². The Kier molecular flexibility index (Phi) is 6.08. The summed E-state index contributed by atoms with van der Waals surface area (Å²) >= 11 is 0. The largest absolute Gasteiger partial charge is 0.273 e. The summed E-state index contributed by atoms with van der Waals surface area (Å²) in [6.07, 6.45) is 13.6. The van der Waals surface area contributed by atoms with Crippen molar-refractivity contribution in [3.05, 3.63) is 72.4 Å². The fourth-order valence-corrected chi connectivity index (χ4v) is 2.66. The van der Waals surface area contributed by atoms with Gasteiger partial charge in [-0.3, -0.25) is 4.79 Å². The quantitative estimate of drug-likeness (QED) is 0.435. The van der Waals surface area contributed by atoms with Crippen LogP contribution in [0.5, 0.6) is 0 Å². The molecule has 1 aliphatic rings. The predicted octanol–water partition coefficient (Wildman–Crippen LogP) is 4.80. The van der Waals surface area contributed by atoms with Gasteiger partial charge in [0.25, 0.3) is 0 Å². The van der Waals surface area contributed by atoms with Gasteiger partial charge in [0, 0.05) is 12.0 Å². The molecule has 0 fully saturated rings. The van der Waals surface area contributed by atoms with Crippen molar-refractivity contribution in [2.75, 3.05) is 0 Å². The Morgan fingerprint density at radius 1 is 1.41 bits per heavy atom. The van der Waals surface area contributed by atoms with E-state index in [0.717, 1.165) is 24.0 Å². The Bertz CT molecular complexity index is 622. The molecule has 2 heteroatoms. The summed E-state index contributed by atoms with van der Waals surface area (Å²) in [5.41, 5.74) is 2.82. The molecular weight excluding hydrogens is 270 g/mol.